The van der Waals surface area contributed by atoms with Gasteiger partial charge in [-0.25, -0.2) is 0 Å². The molecule has 1 aromatic carbocycles. The number of rotatable bonds is 0. The molecule has 0 saturated carbocycles. The Bertz CT molecular complexity index is 402. The molecule has 1 aromatic rings. The summed E-state index contributed by atoms with van der Waals surface area (Å²) in [6, 6.07) is 3.30. The summed E-state index contributed by atoms with van der Waals surface area (Å²) in [4.78, 5) is 0. The average Bonchev–Trinajstić information content (AvgIpc) is 2.07. The van der Waals surface area contributed by atoms with E-state index in [4.69, 9.17) is 11.0 Å². The highest BCUT2D eigenvalue weighted by atomic mass is 19.4. The first kappa shape index (κ1) is 10.4. The van der Waals surface area contributed by atoms with Gasteiger partial charge in [-0.3, -0.25) is 0 Å². The van der Waals surface area contributed by atoms with Crippen molar-refractivity contribution in [1.82, 2.24) is 0 Å². The number of anilines is 1. The molecule has 0 aromatic heterocycles. The predicted octanol–water partition coefficient (Wildman–Crippen LogP) is 2.47. The van der Waals surface area contributed by atoms with Crippen LogP contribution in [-0.4, -0.2) is 0 Å². The lowest BCUT2D eigenvalue weighted by Gasteiger charge is -2.10. The third-order valence-corrected chi connectivity index (χ3v) is 1.83. The minimum Gasteiger partial charge on any atom is -0.397 e. The van der Waals surface area contributed by atoms with Gasteiger partial charge in [0.15, 0.2) is 0 Å². The van der Waals surface area contributed by atoms with E-state index in [0.717, 1.165) is 12.1 Å². The molecular weight excluding hydrogens is 193 g/mol. The molecule has 0 spiro atoms. The van der Waals surface area contributed by atoms with Crippen molar-refractivity contribution in [3.63, 3.8) is 0 Å². The summed E-state index contributed by atoms with van der Waals surface area (Å²) in [5.41, 5.74) is 4.79. The fourth-order valence-corrected chi connectivity index (χ4v) is 1.05. The lowest BCUT2D eigenvalue weighted by atomic mass is 10.0. The normalized spacial score (nSPS) is 11.1. The van der Waals surface area contributed by atoms with Gasteiger partial charge in [0, 0.05) is 0 Å². The summed E-state index contributed by atoms with van der Waals surface area (Å²) >= 11 is 0. The summed E-state index contributed by atoms with van der Waals surface area (Å²) in [7, 11) is 0. The van der Waals surface area contributed by atoms with Crippen LogP contribution in [0.5, 0.6) is 0 Å². The largest absolute Gasteiger partial charge is 0.416 e. The molecule has 0 aliphatic carbocycles. The highest BCUT2D eigenvalue weighted by molar-refractivity contribution is 5.60. The maximum absolute atomic E-state index is 12.3. The van der Waals surface area contributed by atoms with Crippen LogP contribution in [0.1, 0.15) is 16.7 Å². The second-order valence-corrected chi connectivity index (χ2v) is 2.86. The maximum Gasteiger partial charge on any atom is 0.416 e. The van der Waals surface area contributed by atoms with E-state index in [0.29, 0.717) is 0 Å². The quantitative estimate of drug-likeness (QED) is 0.654. The van der Waals surface area contributed by atoms with Gasteiger partial charge in [-0.1, -0.05) is 0 Å². The van der Waals surface area contributed by atoms with Crippen LogP contribution in [0.2, 0.25) is 0 Å². The standard InChI is InChI=1S/C9H7F3N2/c1-5-2-7(9(10,11)12)3-6(4-13)8(5)14/h2-3H,14H2,1H3. The Labute approximate surface area is 78.8 Å². The number of nitrogens with two attached hydrogens (primary N) is 1. The molecule has 74 valence electrons. The predicted molar refractivity (Wildman–Crippen MR) is 45.3 cm³/mol. The van der Waals surface area contributed by atoms with Crippen LogP contribution in [-0.2, 0) is 6.18 Å². The first-order chi connectivity index (χ1) is 6.36. The fourth-order valence-electron chi connectivity index (χ4n) is 1.05. The van der Waals surface area contributed by atoms with E-state index in [-0.39, 0.29) is 16.8 Å². The zero-order valence-corrected chi connectivity index (χ0v) is 7.31. The van der Waals surface area contributed by atoms with Crippen LogP contribution in [0.4, 0.5) is 18.9 Å². The molecule has 1 rings (SSSR count). The molecule has 2 nitrogen and oxygen atoms in total. The second kappa shape index (κ2) is 3.22. The number of nitriles is 1. The lowest BCUT2D eigenvalue weighted by Crippen LogP contribution is -2.07. The molecule has 0 aliphatic rings. The summed E-state index contributed by atoms with van der Waals surface area (Å²) < 4.78 is 36.8. The van der Waals surface area contributed by atoms with Crippen LogP contribution in [0, 0.1) is 18.3 Å². The van der Waals surface area contributed by atoms with E-state index in [9.17, 15) is 13.2 Å². The summed E-state index contributed by atoms with van der Waals surface area (Å²) in [6.07, 6.45) is -4.44. The molecule has 0 radical (unpaired) electrons. The minimum atomic E-state index is -4.44. The number of alkyl halides is 3. The molecule has 0 heterocycles. The smallest absolute Gasteiger partial charge is 0.397 e. The molecule has 0 unspecified atom stereocenters. The molecular formula is C9H7F3N2. The van der Waals surface area contributed by atoms with E-state index in [1.165, 1.54) is 6.92 Å². The highest BCUT2D eigenvalue weighted by Gasteiger charge is 2.31. The zero-order valence-electron chi connectivity index (χ0n) is 7.31. The van der Waals surface area contributed by atoms with E-state index in [2.05, 4.69) is 0 Å². The summed E-state index contributed by atoms with van der Waals surface area (Å²) in [5.74, 6) is 0. The number of nitrogen functional groups attached to an aromatic ring is 1. The molecule has 0 amide bonds. The second-order valence-electron chi connectivity index (χ2n) is 2.86. The van der Waals surface area contributed by atoms with Crippen molar-refractivity contribution in [2.24, 2.45) is 0 Å². The first-order valence-electron chi connectivity index (χ1n) is 3.73. The van der Waals surface area contributed by atoms with Gasteiger partial charge in [-0.2, -0.15) is 18.4 Å². The molecule has 5 heteroatoms. The van der Waals surface area contributed by atoms with E-state index < -0.39 is 11.7 Å². The van der Waals surface area contributed by atoms with Crippen molar-refractivity contribution in [2.75, 3.05) is 5.73 Å². The Morgan fingerprint density at radius 3 is 2.36 bits per heavy atom. The highest BCUT2D eigenvalue weighted by Crippen LogP contribution is 2.32. The molecule has 14 heavy (non-hydrogen) atoms. The van der Waals surface area contributed by atoms with E-state index >= 15 is 0 Å². The maximum atomic E-state index is 12.3. The number of benzene rings is 1. The monoisotopic (exact) mass is 200 g/mol. The molecule has 0 fully saturated rings. The van der Waals surface area contributed by atoms with Crippen molar-refractivity contribution in [1.29, 1.82) is 5.26 Å². The third kappa shape index (κ3) is 1.79. The molecule has 0 bridgehead atoms. The van der Waals surface area contributed by atoms with E-state index in [1.807, 2.05) is 0 Å². The Morgan fingerprint density at radius 1 is 1.36 bits per heavy atom. The van der Waals surface area contributed by atoms with Crippen LogP contribution in [0.25, 0.3) is 0 Å². The van der Waals surface area contributed by atoms with Crippen LogP contribution < -0.4 is 5.73 Å². The van der Waals surface area contributed by atoms with E-state index in [1.54, 1.807) is 6.07 Å². The van der Waals surface area contributed by atoms with Crippen LogP contribution >= 0.6 is 0 Å². The van der Waals surface area contributed by atoms with Crippen molar-refractivity contribution in [3.8, 4) is 6.07 Å². The molecule has 0 aliphatic heterocycles. The zero-order chi connectivity index (χ0) is 10.9. The van der Waals surface area contributed by atoms with Gasteiger partial charge < -0.3 is 5.73 Å². The SMILES string of the molecule is Cc1cc(C(F)(F)F)cc(C#N)c1N. The molecule has 2 N–H and O–H groups in total. The van der Waals surface area contributed by atoms with Crippen LogP contribution in [0.3, 0.4) is 0 Å². The number of hydrogen-bond donors (Lipinski definition) is 1. The van der Waals surface area contributed by atoms with Gasteiger partial charge >= 0.3 is 6.18 Å². The van der Waals surface area contributed by atoms with Crippen LogP contribution in [0.15, 0.2) is 12.1 Å². The van der Waals surface area contributed by atoms with Crippen molar-refractivity contribution in [2.45, 2.75) is 13.1 Å². The van der Waals surface area contributed by atoms with Gasteiger partial charge in [0.2, 0.25) is 0 Å². The Kier molecular flexibility index (Phi) is 2.39. The Hall–Kier alpha value is -1.70. The Balaban J connectivity index is 3.40. The molecule has 0 saturated heterocycles. The first-order valence-corrected chi connectivity index (χ1v) is 3.73. The van der Waals surface area contributed by atoms with Gasteiger partial charge in [-0.15, -0.1) is 0 Å². The number of hydrogen-bond acceptors (Lipinski definition) is 2. The van der Waals surface area contributed by atoms with Crippen molar-refractivity contribution < 1.29 is 13.2 Å². The molecule has 0 atom stereocenters. The Morgan fingerprint density at radius 2 is 1.93 bits per heavy atom. The summed E-state index contributed by atoms with van der Waals surface area (Å²) in [6.45, 7) is 1.44. The van der Waals surface area contributed by atoms with Gasteiger partial charge in [0.05, 0.1) is 16.8 Å². The third-order valence-electron chi connectivity index (χ3n) is 1.83. The lowest BCUT2D eigenvalue weighted by molar-refractivity contribution is -0.137. The summed E-state index contributed by atoms with van der Waals surface area (Å²) in [5, 5.41) is 8.54. The van der Waals surface area contributed by atoms with Crippen molar-refractivity contribution >= 4 is 5.69 Å². The fraction of sp³-hybridized carbons (Fsp3) is 0.222. The minimum absolute atomic E-state index is 0.0977. The van der Waals surface area contributed by atoms with Gasteiger partial charge in [0.25, 0.3) is 0 Å². The van der Waals surface area contributed by atoms with Crippen molar-refractivity contribution in [3.05, 3.63) is 28.8 Å². The number of aryl methyl sites for hydroxylation is 1. The topological polar surface area (TPSA) is 49.8 Å². The average molecular weight is 200 g/mol. The van der Waals surface area contributed by atoms with Gasteiger partial charge in [0.1, 0.15) is 6.07 Å². The number of nitrogens with zero attached hydrogens (tertiary/aromatic N) is 1. The number of halogens is 3. The van der Waals surface area contributed by atoms with Gasteiger partial charge in [-0.05, 0) is 24.6 Å².